The van der Waals surface area contributed by atoms with E-state index in [9.17, 15) is 34.1 Å². The zero-order chi connectivity index (χ0) is 39.9. The molecule has 57 heavy (non-hydrogen) atoms. The van der Waals surface area contributed by atoms with E-state index in [4.69, 9.17) is 0 Å². The molecule has 7 rings (SSSR count). The minimum atomic E-state index is -1.06. The molecule has 15 nitrogen and oxygen atoms in total. The van der Waals surface area contributed by atoms with E-state index in [0.717, 1.165) is 27.3 Å². The highest BCUT2D eigenvalue weighted by Crippen LogP contribution is 2.33. The molecule has 5 aromatic rings. The number of amides is 5. The molecule has 4 N–H and O–H groups in total. The summed E-state index contributed by atoms with van der Waals surface area (Å²) in [6.07, 6.45) is 1.06. The Kier molecular flexibility index (Phi) is 11.5. The highest BCUT2D eigenvalue weighted by molar-refractivity contribution is 7.14. The summed E-state index contributed by atoms with van der Waals surface area (Å²) in [5, 5.41) is 26.6. The fourth-order valence-electron chi connectivity index (χ4n) is 6.67. The van der Waals surface area contributed by atoms with Crippen molar-refractivity contribution in [3.63, 3.8) is 0 Å². The molecule has 0 saturated carbocycles. The Bertz CT molecular complexity index is 2400. The van der Waals surface area contributed by atoms with Gasteiger partial charge in [-0.2, -0.15) is 5.10 Å². The lowest BCUT2D eigenvalue weighted by Gasteiger charge is -2.27. The van der Waals surface area contributed by atoms with Gasteiger partial charge in [-0.05, 0) is 42.5 Å². The summed E-state index contributed by atoms with van der Waals surface area (Å²) in [7, 11) is 0. The largest absolute Gasteiger partial charge is 0.384 e. The van der Waals surface area contributed by atoms with Gasteiger partial charge in [0.25, 0.3) is 23.4 Å². The van der Waals surface area contributed by atoms with Crippen LogP contribution in [-0.2, 0) is 20.8 Å². The van der Waals surface area contributed by atoms with Crippen molar-refractivity contribution in [2.45, 2.75) is 38.1 Å². The van der Waals surface area contributed by atoms with E-state index >= 15 is 0 Å². The van der Waals surface area contributed by atoms with Crippen molar-refractivity contribution in [1.82, 2.24) is 20.5 Å². The number of rotatable bonds is 15. The number of carbonyl (C=O) groups excluding carboxylic acids is 5. The second kappa shape index (κ2) is 17.2. The molecule has 2 aliphatic heterocycles. The number of nitrogens with one attached hydrogen (secondary N) is 4. The lowest BCUT2D eigenvalue weighted by Crippen LogP contribution is -2.54. The number of hydrogen-bond donors (Lipinski definition) is 4. The maximum atomic E-state index is 13.5. The van der Waals surface area contributed by atoms with Crippen LogP contribution in [-0.4, -0.2) is 69.2 Å². The van der Waals surface area contributed by atoms with Gasteiger partial charge in [-0.1, -0.05) is 78.9 Å². The van der Waals surface area contributed by atoms with Crippen molar-refractivity contribution in [3.05, 3.63) is 129 Å². The number of fused-ring (bicyclic) bond motifs is 1. The second-order valence-electron chi connectivity index (χ2n) is 13.3. The number of piperidine rings is 1. The van der Waals surface area contributed by atoms with Gasteiger partial charge >= 0.3 is 0 Å². The molecule has 2 aliphatic rings. The van der Waals surface area contributed by atoms with Crippen LogP contribution in [0, 0.1) is 10.1 Å². The Balaban J connectivity index is 0.964. The minimum absolute atomic E-state index is 0.0231. The summed E-state index contributed by atoms with van der Waals surface area (Å²) in [5.41, 5.74) is 7.66. The highest BCUT2D eigenvalue weighted by Gasteiger charge is 2.45. The smallest absolute Gasteiger partial charge is 0.272 e. The number of hydrazone groups is 1. The molecule has 16 heteroatoms. The molecule has 1 atom stereocenters. The molecule has 1 fully saturated rings. The number of unbranched alkanes of at least 4 members (excludes halogenated alkanes) is 1. The Hall–Kier alpha value is -7.07. The molecular weight excluding hydrogens is 749 g/mol. The SMILES string of the molecule is O=C1CCC(N2C(=O)c3cccc(NCCCCNC(=O)/C(Cc4ccccc4[N+](=O)[O-])=N/Nc4nc(-c5ccc(-c6ccccc6)cc5)cs4)c3C2=O)C(=O)N1. The van der Waals surface area contributed by atoms with E-state index in [0.29, 0.717) is 35.8 Å². The molecule has 1 saturated heterocycles. The first kappa shape index (κ1) is 38.2. The first-order valence-corrected chi connectivity index (χ1v) is 19.1. The first-order valence-electron chi connectivity index (χ1n) is 18.2. The van der Waals surface area contributed by atoms with Crippen molar-refractivity contribution in [2.24, 2.45) is 5.10 Å². The van der Waals surface area contributed by atoms with E-state index in [1.165, 1.54) is 23.5 Å². The van der Waals surface area contributed by atoms with Gasteiger partial charge in [0.05, 0.1) is 21.7 Å². The van der Waals surface area contributed by atoms with E-state index in [1.54, 1.807) is 30.3 Å². The number of nitro benzene ring substituents is 1. The summed E-state index contributed by atoms with van der Waals surface area (Å²) in [6, 6.07) is 28.0. The average Bonchev–Trinajstić information content (AvgIpc) is 3.80. The molecular formula is C41H36N8O7S. The van der Waals surface area contributed by atoms with Gasteiger partial charge in [0.2, 0.25) is 16.9 Å². The molecule has 1 aromatic heterocycles. The maximum absolute atomic E-state index is 13.5. The quantitative estimate of drug-likeness (QED) is 0.0330. The second-order valence-corrected chi connectivity index (χ2v) is 14.1. The fraction of sp³-hybridized carbons (Fsp3) is 0.195. The summed E-state index contributed by atoms with van der Waals surface area (Å²) in [5.74, 6) is -2.83. The van der Waals surface area contributed by atoms with Crippen LogP contribution >= 0.6 is 11.3 Å². The Morgan fingerprint density at radius 2 is 1.60 bits per heavy atom. The van der Waals surface area contributed by atoms with Gasteiger partial charge in [0.1, 0.15) is 11.8 Å². The van der Waals surface area contributed by atoms with Crippen molar-refractivity contribution in [3.8, 4) is 22.4 Å². The summed E-state index contributed by atoms with van der Waals surface area (Å²) in [4.78, 5) is 80.9. The van der Waals surface area contributed by atoms with Gasteiger partial charge in [0.15, 0.2) is 0 Å². The van der Waals surface area contributed by atoms with E-state index in [1.807, 2.05) is 60.0 Å². The number of anilines is 2. The summed E-state index contributed by atoms with van der Waals surface area (Å²) >= 11 is 1.30. The van der Waals surface area contributed by atoms with Gasteiger partial charge < -0.3 is 10.6 Å². The van der Waals surface area contributed by atoms with Gasteiger partial charge in [0, 0.05) is 54.2 Å². The third kappa shape index (κ3) is 8.60. The zero-order valence-electron chi connectivity index (χ0n) is 30.4. The minimum Gasteiger partial charge on any atom is -0.384 e. The number of nitrogens with zero attached hydrogens (tertiary/aromatic N) is 4. The lowest BCUT2D eigenvalue weighted by atomic mass is 10.0. The molecule has 4 aromatic carbocycles. The number of carbonyl (C=O) groups is 5. The Morgan fingerprint density at radius 3 is 2.37 bits per heavy atom. The maximum Gasteiger partial charge on any atom is 0.272 e. The Morgan fingerprint density at radius 1 is 0.877 bits per heavy atom. The third-order valence-corrected chi connectivity index (χ3v) is 10.3. The molecule has 0 bridgehead atoms. The normalized spacial score (nSPS) is 15.3. The number of aromatic nitrogens is 1. The van der Waals surface area contributed by atoms with E-state index < -0.39 is 40.5 Å². The number of benzene rings is 4. The van der Waals surface area contributed by atoms with E-state index in [-0.39, 0.29) is 48.3 Å². The molecule has 288 valence electrons. The predicted octanol–water partition coefficient (Wildman–Crippen LogP) is 5.81. The topological polar surface area (TPSA) is 205 Å². The monoisotopic (exact) mass is 784 g/mol. The number of thiazole rings is 1. The molecule has 1 unspecified atom stereocenters. The van der Waals surface area contributed by atoms with Crippen LogP contribution in [0.25, 0.3) is 22.4 Å². The van der Waals surface area contributed by atoms with Crippen LogP contribution in [0.2, 0.25) is 0 Å². The lowest BCUT2D eigenvalue weighted by molar-refractivity contribution is -0.385. The van der Waals surface area contributed by atoms with Crippen LogP contribution in [0.1, 0.15) is 52.0 Å². The van der Waals surface area contributed by atoms with Crippen LogP contribution in [0.15, 0.2) is 108 Å². The standard InChI is InChI=1S/C41H36N8O7S/c50-35-20-19-34(38(52)45-35)48-39(53)29-12-8-13-30(36(29)40(48)54)42-21-6-7-22-43-37(51)31(23-28-11-4-5-14-33(28)49(55)56)46-47-41-44-32(24-57-41)27-17-15-26(16-18-27)25-9-2-1-3-10-25/h1-5,8-18,24,34,42H,6-7,19-23H2,(H,43,51)(H,44,47)(H,45,50,52)/b46-31+. The summed E-state index contributed by atoms with van der Waals surface area (Å²) < 4.78 is 0. The summed E-state index contributed by atoms with van der Waals surface area (Å²) in [6.45, 7) is 0.649. The molecule has 3 heterocycles. The fourth-order valence-corrected chi connectivity index (χ4v) is 7.33. The van der Waals surface area contributed by atoms with Crippen molar-refractivity contribution < 1.29 is 28.9 Å². The van der Waals surface area contributed by atoms with Crippen LogP contribution in [0.5, 0.6) is 0 Å². The number of para-hydroxylation sites is 1. The third-order valence-electron chi connectivity index (χ3n) is 9.56. The van der Waals surface area contributed by atoms with Crippen LogP contribution in [0.4, 0.5) is 16.5 Å². The van der Waals surface area contributed by atoms with Crippen molar-refractivity contribution in [2.75, 3.05) is 23.8 Å². The molecule has 0 radical (unpaired) electrons. The van der Waals surface area contributed by atoms with Crippen LogP contribution < -0.4 is 21.4 Å². The highest BCUT2D eigenvalue weighted by atomic mass is 32.1. The average molecular weight is 785 g/mol. The number of hydrogen-bond acceptors (Lipinski definition) is 12. The van der Waals surface area contributed by atoms with Gasteiger partial charge in [-0.3, -0.25) is 49.7 Å². The zero-order valence-corrected chi connectivity index (χ0v) is 31.2. The van der Waals surface area contributed by atoms with Gasteiger partial charge in [-0.25, -0.2) is 4.98 Å². The Labute approximate surface area is 330 Å². The van der Waals surface area contributed by atoms with Crippen molar-refractivity contribution >= 4 is 63.1 Å². The molecule has 0 spiro atoms. The predicted molar refractivity (Wildman–Crippen MR) is 215 cm³/mol. The van der Waals surface area contributed by atoms with Gasteiger partial charge in [-0.15, -0.1) is 11.3 Å². The molecule has 0 aliphatic carbocycles. The first-order chi connectivity index (χ1) is 27.7. The number of imide groups is 2. The van der Waals surface area contributed by atoms with E-state index in [2.05, 4.69) is 31.5 Å². The van der Waals surface area contributed by atoms with Crippen molar-refractivity contribution in [1.29, 1.82) is 0 Å². The number of nitro groups is 1. The van der Waals surface area contributed by atoms with Crippen LogP contribution in [0.3, 0.4) is 0 Å². The molecule has 5 amide bonds.